The van der Waals surface area contributed by atoms with Gasteiger partial charge in [0.05, 0.1) is 41.9 Å². The van der Waals surface area contributed by atoms with Crippen LogP contribution in [0.1, 0.15) is 24.4 Å². The Kier molecular flexibility index (Phi) is 4.07. The lowest BCUT2D eigenvalue weighted by molar-refractivity contribution is -0.117. The Morgan fingerprint density at radius 2 is 2.04 bits per heavy atom. The van der Waals surface area contributed by atoms with Gasteiger partial charge in [0.1, 0.15) is 0 Å². The van der Waals surface area contributed by atoms with Crippen LogP contribution in [0.15, 0.2) is 53.5 Å². The van der Waals surface area contributed by atoms with Crippen molar-refractivity contribution in [3.05, 3.63) is 54.9 Å². The predicted octanol–water partition coefficient (Wildman–Crippen LogP) is 3.08. The van der Waals surface area contributed by atoms with Crippen LogP contribution in [0.2, 0.25) is 0 Å². The van der Waals surface area contributed by atoms with E-state index >= 15 is 0 Å². The number of imidazole rings is 1. The third-order valence-electron chi connectivity index (χ3n) is 4.84. The molecule has 1 aliphatic rings. The fourth-order valence-corrected chi connectivity index (χ4v) is 3.63. The number of carbonyl (C=O) groups is 2. The van der Waals surface area contributed by atoms with Crippen molar-refractivity contribution in [1.29, 1.82) is 0 Å². The van der Waals surface area contributed by atoms with Crippen LogP contribution in [0.4, 0.5) is 11.4 Å². The predicted molar refractivity (Wildman–Crippen MR) is 102 cm³/mol. The lowest BCUT2D eigenvalue weighted by Crippen LogP contribution is -2.51. The summed E-state index contributed by atoms with van der Waals surface area (Å²) < 4.78 is 7.22. The Morgan fingerprint density at radius 3 is 2.67 bits per heavy atom. The van der Waals surface area contributed by atoms with Gasteiger partial charge in [0, 0.05) is 26.1 Å². The fourth-order valence-electron chi connectivity index (χ4n) is 3.63. The molecule has 3 heterocycles. The fraction of sp³-hybridized carbons (Fsp3) is 0.250. The quantitative estimate of drug-likeness (QED) is 0.701. The topological polar surface area (TPSA) is 71.6 Å². The van der Waals surface area contributed by atoms with E-state index in [-0.39, 0.29) is 23.6 Å². The second-order valence-electron chi connectivity index (χ2n) is 6.72. The van der Waals surface area contributed by atoms with Crippen molar-refractivity contribution in [3.8, 4) is 11.3 Å². The number of benzene rings is 1. The van der Waals surface area contributed by atoms with Crippen LogP contribution in [-0.2, 0) is 11.8 Å². The number of anilines is 2. The second kappa shape index (κ2) is 6.42. The molecule has 0 spiro atoms. The lowest BCUT2D eigenvalue weighted by Gasteiger charge is -2.40. The number of nitrogens with zero attached hydrogens (tertiary/aromatic N) is 4. The average molecular weight is 364 g/mol. The number of carbonyl (C=O) groups excluding carboxylic acids is 2. The van der Waals surface area contributed by atoms with Gasteiger partial charge in [-0.15, -0.1) is 0 Å². The monoisotopic (exact) mass is 364 g/mol. The normalized spacial score (nSPS) is 16.3. The van der Waals surface area contributed by atoms with Crippen molar-refractivity contribution in [2.24, 2.45) is 7.05 Å². The highest BCUT2D eigenvalue weighted by Gasteiger charge is 2.35. The molecule has 7 nitrogen and oxygen atoms in total. The molecule has 0 saturated carbocycles. The zero-order valence-corrected chi connectivity index (χ0v) is 15.4. The molecule has 0 radical (unpaired) electrons. The SMILES string of the molecule is CC(=O)N1c2ccc(-c3cncn3C)cc2N(C(=O)c2ccco2)C[C@@H]1C. The maximum absolute atomic E-state index is 13.0. The van der Waals surface area contributed by atoms with Crippen molar-refractivity contribution in [2.75, 3.05) is 16.3 Å². The molecule has 1 atom stereocenters. The maximum atomic E-state index is 13.0. The molecule has 3 aromatic rings. The molecule has 27 heavy (non-hydrogen) atoms. The first kappa shape index (κ1) is 17.1. The van der Waals surface area contributed by atoms with Crippen LogP contribution in [-0.4, -0.2) is 34.0 Å². The summed E-state index contributed by atoms with van der Waals surface area (Å²) in [5, 5.41) is 0. The van der Waals surface area contributed by atoms with Gasteiger partial charge in [-0.2, -0.15) is 0 Å². The molecule has 138 valence electrons. The number of aryl methyl sites for hydroxylation is 1. The largest absolute Gasteiger partial charge is 0.459 e. The van der Waals surface area contributed by atoms with E-state index in [2.05, 4.69) is 4.98 Å². The van der Waals surface area contributed by atoms with Crippen LogP contribution in [0.3, 0.4) is 0 Å². The van der Waals surface area contributed by atoms with E-state index in [0.29, 0.717) is 17.9 Å². The highest BCUT2D eigenvalue weighted by atomic mass is 16.3. The number of furan rings is 1. The van der Waals surface area contributed by atoms with Crippen molar-refractivity contribution in [3.63, 3.8) is 0 Å². The standard InChI is InChI=1S/C20H20N4O3/c1-13-11-23(20(26)19-5-4-8-27-19)17-9-15(18-10-21-12-22(18)3)6-7-16(17)24(13)14(2)25/h4-10,12-13H,11H2,1-3H3/t13-/m0/s1. The van der Waals surface area contributed by atoms with Gasteiger partial charge in [0.2, 0.25) is 5.91 Å². The Hall–Kier alpha value is -3.35. The maximum Gasteiger partial charge on any atom is 0.294 e. The third kappa shape index (κ3) is 2.81. The highest BCUT2D eigenvalue weighted by Crippen LogP contribution is 2.39. The number of fused-ring (bicyclic) bond motifs is 1. The van der Waals surface area contributed by atoms with Crippen LogP contribution in [0, 0.1) is 0 Å². The summed E-state index contributed by atoms with van der Waals surface area (Å²) in [4.78, 5) is 32.8. The first-order valence-corrected chi connectivity index (χ1v) is 8.73. The zero-order chi connectivity index (χ0) is 19.1. The molecular weight excluding hydrogens is 344 g/mol. The van der Waals surface area contributed by atoms with Crippen LogP contribution in [0.25, 0.3) is 11.3 Å². The molecule has 0 N–H and O–H groups in total. The first-order chi connectivity index (χ1) is 13.0. The molecule has 2 aromatic heterocycles. The van der Waals surface area contributed by atoms with Crippen LogP contribution >= 0.6 is 0 Å². The van der Waals surface area contributed by atoms with Gasteiger partial charge < -0.3 is 18.8 Å². The van der Waals surface area contributed by atoms with E-state index in [0.717, 1.165) is 11.3 Å². The molecule has 1 aliphatic heterocycles. The number of rotatable bonds is 2. The molecule has 0 aliphatic carbocycles. The van der Waals surface area contributed by atoms with Gasteiger partial charge in [-0.05, 0) is 31.2 Å². The Bertz CT molecular complexity index is 1010. The first-order valence-electron chi connectivity index (χ1n) is 8.73. The van der Waals surface area contributed by atoms with Gasteiger partial charge in [-0.25, -0.2) is 4.98 Å². The van der Waals surface area contributed by atoms with Gasteiger partial charge in [-0.1, -0.05) is 6.07 Å². The van der Waals surface area contributed by atoms with Crippen molar-refractivity contribution in [1.82, 2.24) is 9.55 Å². The van der Waals surface area contributed by atoms with Gasteiger partial charge in [0.25, 0.3) is 5.91 Å². The Balaban J connectivity index is 1.86. The summed E-state index contributed by atoms with van der Waals surface area (Å²) >= 11 is 0. The van der Waals surface area contributed by atoms with E-state index in [1.165, 1.54) is 6.26 Å². The average Bonchev–Trinajstić information content (AvgIpc) is 3.31. The van der Waals surface area contributed by atoms with Crippen molar-refractivity contribution in [2.45, 2.75) is 19.9 Å². The summed E-state index contributed by atoms with van der Waals surface area (Å²) in [5.74, 6) is -0.00375. The van der Waals surface area contributed by atoms with Crippen molar-refractivity contribution < 1.29 is 14.0 Å². The number of amides is 2. The number of aromatic nitrogens is 2. The van der Waals surface area contributed by atoms with Gasteiger partial charge in [0.15, 0.2) is 5.76 Å². The summed E-state index contributed by atoms with van der Waals surface area (Å²) in [5.41, 5.74) is 3.25. The minimum absolute atomic E-state index is 0.0536. The van der Waals surface area contributed by atoms with E-state index in [4.69, 9.17) is 4.42 Å². The molecule has 7 heteroatoms. The molecule has 0 fully saturated rings. The smallest absolute Gasteiger partial charge is 0.294 e. The van der Waals surface area contributed by atoms with E-state index < -0.39 is 0 Å². The lowest BCUT2D eigenvalue weighted by atomic mass is 10.0. The van der Waals surface area contributed by atoms with E-state index in [9.17, 15) is 9.59 Å². The minimum Gasteiger partial charge on any atom is -0.459 e. The molecular formula is C20H20N4O3. The van der Waals surface area contributed by atoms with Crippen LogP contribution < -0.4 is 9.80 Å². The third-order valence-corrected chi connectivity index (χ3v) is 4.84. The second-order valence-corrected chi connectivity index (χ2v) is 6.72. The summed E-state index contributed by atoms with van der Waals surface area (Å²) in [6, 6.07) is 8.95. The molecule has 4 rings (SSSR count). The van der Waals surface area contributed by atoms with Crippen molar-refractivity contribution >= 4 is 23.2 Å². The molecule has 0 unspecified atom stereocenters. The summed E-state index contributed by atoms with van der Waals surface area (Å²) in [6.45, 7) is 3.86. The molecule has 0 saturated heterocycles. The molecule has 1 aromatic carbocycles. The zero-order valence-electron chi connectivity index (χ0n) is 15.4. The Labute approximate surface area is 156 Å². The van der Waals surface area contributed by atoms with E-state index in [1.54, 1.807) is 41.4 Å². The molecule has 0 bridgehead atoms. The van der Waals surface area contributed by atoms with Crippen LogP contribution in [0.5, 0.6) is 0 Å². The molecule has 2 amide bonds. The minimum atomic E-state index is -0.224. The van der Waals surface area contributed by atoms with E-state index in [1.807, 2.05) is 36.7 Å². The summed E-state index contributed by atoms with van der Waals surface area (Å²) in [7, 11) is 1.91. The van der Waals surface area contributed by atoms with Gasteiger partial charge in [-0.3, -0.25) is 9.59 Å². The highest BCUT2D eigenvalue weighted by molar-refractivity contribution is 6.09. The number of hydrogen-bond acceptors (Lipinski definition) is 4. The Morgan fingerprint density at radius 1 is 1.22 bits per heavy atom. The van der Waals surface area contributed by atoms with Gasteiger partial charge >= 0.3 is 0 Å². The number of hydrogen-bond donors (Lipinski definition) is 0. The summed E-state index contributed by atoms with van der Waals surface area (Å²) in [6.07, 6.45) is 4.98.